The molecular weight excluding hydrogens is 228 g/mol. The minimum Gasteiger partial charge on any atom is -0.462 e. The van der Waals surface area contributed by atoms with Crippen molar-refractivity contribution in [3.8, 4) is 0 Å². The first-order valence-corrected chi connectivity index (χ1v) is 7.13. The maximum Gasteiger partial charge on any atom is 0.330 e. The summed E-state index contributed by atoms with van der Waals surface area (Å²) >= 11 is 0. The largest absolute Gasteiger partial charge is 0.462 e. The molecular formula is C15H22O3. The molecule has 0 spiro atoms. The predicted molar refractivity (Wildman–Crippen MR) is 67.6 cm³/mol. The molecule has 3 saturated carbocycles. The lowest BCUT2D eigenvalue weighted by Crippen LogP contribution is -2.26. The highest BCUT2D eigenvalue weighted by Crippen LogP contribution is 2.62. The zero-order valence-electron chi connectivity index (χ0n) is 10.8. The number of fused-ring (bicyclic) bond motifs is 5. The SMILES string of the molecule is C=CC(=O)OCC1CC2C3CC(CO)C(C3)C2C1. The summed E-state index contributed by atoms with van der Waals surface area (Å²) in [7, 11) is 0. The number of esters is 1. The molecule has 2 bridgehead atoms. The van der Waals surface area contributed by atoms with Gasteiger partial charge in [0.25, 0.3) is 0 Å². The van der Waals surface area contributed by atoms with Crippen LogP contribution in [0.1, 0.15) is 25.7 Å². The predicted octanol–water partition coefficient (Wildman–Crippen LogP) is 2.01. The van der Waals surface area contributed by atoms with Gasteiger partial charge in [-0.25, -0.2) is 4.79 Å². The zero-order chi connectivity index (χ0) is 12.7. The quantitative estimate of drug-likeness (QED) is 0.613. The van der Waals surface area contributed by atoms with Crippen LogP contribution in [0, 0.1) is 35.5 Å². The van der Waals surface area contributed by atoms with Crippen LogP contribution in [0.2, 0.25) is 0 Å². The van der Waals surface area contributed by atoms with E-state index < -0.39 is 0 Å². The third kappa shape index (κ3) is 1.89. The maximum atomic E-state index is 11.1. The molecule has 3 fully saturated rings. The summed E-state index contributed by atoms with van der Waals surface area (Å²) in [6.07, 6.45) is 6.20. The van der Waals surface area contributed by atoms with E-state index in [4.69, 9.17) is 4.74 Å². The van der Waals surface area contributed by atoms with Crippen molar-refractivity contribution < 1.29 is 14.6 Å². The molecule has 3 rings (SSSR count). The number of hydrogen-bond donors (Lipinski definition) is 1. The molecule has 0 aliphatic heterocycles. The van der Waals surface area contributed by atoms with Gasteiger partial charge in [-0.15, -0.1) is 0 Å². The standard InChI is InChI=1S/C15H22O3/c1-2-15(17)18-8-9-3-12-10-5-11(7-16)13(6-10)14(12)4-9/h2,9-14,16H,1,3-8H2. The van der Waals surface area contributed by atoms with Gasteiger partial charge in [-0.05, 0) is 61.2 Å². The van der Waals surface area contributed by atoms with Crippen molar-refractivity contribution >= 4 is 5.97 Å². The van der Waals surface area contributed by atoms with Gasteiger partial charge >= 0.3 is 5.97 Å². The topological polar surface area (TPSA) is 46.5 Å². The fourth-order valence-corrected chi connectivity index (χ4v) is 4.93. The smallest absolute Gasteiger partial charge is 0.330 e. The Morgan fingerprint density at radius 1 is 1.22 bits per heavy atom. The van der Waals surface area contributed by atoms with E-state index >= 15 is 0 Å². The Labute approximate surface area is 108 Å². The Bertz CT molecular complexity index is 350. The minimum absolute atomic E-state index is 0.303. The number of aliphatic hydroxyl groups is 1. The molecule has 100 valence electrons. The van der Waals surface area contributed by atoms with Crippen LogP contribution < -0.4 is 0 Å². The highest BCUT2D eigenvalue weighted by Gasteiger charge is 2.55. The van der Waals surface area contributed by atoms with Crippen molar-refractivity contribution in [2.45, 2.75) is 25.7 Å². The Balaban J connectivity index is 1.56. The molecule has 1 N–H and O–H groups in total. The van der Waals surface area contributed by atoms with E-state index in [2.05, 4.69) is 6.58 Å². The molecule has 3 aliphatic carbocycles. The summed E-state index contributed by atoms with van der Waals surface area (Å²) < 4.78 is 5.18. The summed E-state index contributed by atoms with van der Waals surface area (Å²) in [5.74, 6) is 3.97. The van der Waals surface area contributed by atoms with Gasteiger partial charge < -0.3 is 9.84 Å². The third-order valence-electron chi connectivity index (χ3n) is 5.56. The van der Waals surface area contributed by atoms with Crippen molar-refractivity contribution in [2.24, 2.45) is 35.5 Å². The van der Waals surface area contributed by atoms with Crippen LogP contribution >= 0.6 is 0 Å². The van der Waals surface area contributed by atoms with Gasteiger partial charge in [-0.1, -0.05) is 6.58 Å². The summed E-state index contributed by atoms with van der Waals surface area (Å²) in [6, 6.07) is 0. The Hall–Kier alpha value is -0.830. The molecule has 0 aromatic rings. The third-order valence-corrected chi connectivity index (χ3v) is 5.56. The van der Waals surface area contributed by atoms with Crippen LogP contribution in [-0.2, 0) is 9.53 Å². The summed E-state index contributed by atoms with van der Waals surface area (Å²) in [6.45, 7) is 4.33. The number of carbonyl (C=O) groups is 1. The highest BCUT2D eigenvalue weighted by molar-refractivity contribution is 5.81. The average Bonchev–Trinajstić information content (AvgIpc) is 3.05. The van der Waals surface area contributed by atoms with Gasteiger partial charge in [0.1, 0.15) is 0 Å². The summed E-state index contributed by atoms with van der Waals surface area (Å²) in [5.41, 5.74) is 0. The average molecular weight is 250 g/mol. The molecule has 3 nitrogen and oxygen atoms in total. The van der Waals surface area contributed by atoms with Gasteiger partial charge in [0, 0.05) is 12.7 Å². The Morgan fingerprint density at radius 3 is 2.72 bits per heavy atom. The van der Waals surface area contributed by atoms with Crippen molar-refractivity contribution in [3.05, 3.63) is 12.7 Å². The number of hydrogen-bond acceptors (Lipinski definition) is 3. The second-order valence-corrected chi connectivity index (χ2v) is 6.34. The molecule has 3 heteroatoms. The van der Waals surface area contributed by atoms with Crippen LogP contribution in [0.5, 0.6) is 0 Å². The van der Waals surface area contributed by atoms with E-state index in [0.717, 1.165) is 23.7 Å². The lowest BCUT2D eigenvalue weighted by molar-refractivity contribution is -0.139. The fourth-order valence-electron chi connectivity index (χ4n) is 4.93. The first kappa shape index (κ1) is 12.2. The van der Waals surface area contributed by atoms with Crippen LogP contribution in [0.3, 0.4) is 0 Å². The second-order valence-electron chi connectivity index (χ2n) is 6.34. The number of carbonyl (C=O) groups excluding carboxylic acids is 1. The molecule has 18 heavy (non-hydrogen) atoms. The molecule has 0 amide bonds. The maximum absolute atomic E-state index is 11.1. The first-order valence-electron chi connectivity index (χ1n) is 7.13. The number of rotatable bonds is 4. The van der Waals surface area contributed by atoms with Gasteiger partial charge in [-0.2, -0.15) is 0 Å². The highest BCUT2D eigenvalue weighted by atomic mass is 16.5. The van der Waals surface area contributed by atoms with Crippen molar-refractivity contribution in [1.82, 2.24) is 0 Å². The first-order chi connectivity index (χ1) is 8.72. The Morgan fingerprint density at radius 2 is 2.00 bits per heavy atom. The summed E-state index contributed by atoms with van der Waals surface area (Å²) in [5, 5.41) is 9.40. The number of ether oxygens (including phenoxy) is 1. The van der Waals surface area contributed by atoms with E-state index in [9.17, 15) is 9.90 Å². The van der Waals surface area contributed by atoms with Crippen molar-refractivity contribution in [2.75, 3.05) is 13.2 Å². The van der Waals surface area contributed by atoms with Crippen LogP contribution in [0.4, 0.5) is 0 Å². The molecule has 0 aromatic heterocycles. The van der Waals surface area contributed by atoms with Gasteiger partial charge in [0.2, 0.25) is 0 Å². The lowest BCUT2D eigenvalue weighted by atomic mass is 9.76. The molecule has 3 aliphatic rings. The van der Waals surface area contributed by atoms with Gasteiger partial charge in [0.05, 0.1) is 6.61 Å². The second kappa shape index (κ2) is 4.69. The van der Waals surface area contributed by atoms with E-state index in [1.54, 1.807) is 0 Å². The molecule has 0 aromatic carbocycles. The zero-order valence-corrected chi connectivity index (χ0v) is 10.8. The molecule has 0 radical (unpaired) electrons. The normalized spacial score (nSPS) is 44.9. The molecule has 0 saturated heterocycles. The fraction of sp³-hybridized carbons (Fsp3) is 0.800. The lowest BCUT2D eigenvalue weighted by Gasteiger charge is -2.30. The van der Waals surface area contributed by atoms with Crippen molar-refractivity contribution in [1.29, 1.82) is 0 Å². The van der Waals surface area contributed by atoms with Gasteiger partial charge in [-0.3, -0.25) is 0 Å². The van der Waals surface area contributed by atoms with Crippen LogP contribution in [-0.4, -0.2) is 24.3 Å². The van der Waals surface area contributed by atoms with E-state index in [1.165, 1.54) is 31.8 Å². The van der Waals surface area contributed by atoms with Crippen LogP contribution in [0.25, 0.3) is 0 Å². The number of aliphatic hydroxyl groups excluding tert-OH is 1. The van der Waals surface area contributed by atoms with E-state index in [1.807, 2.05) is 0 Å². The van der Waals surface area contributed by atoms with E-state index in [-0.39, 0.29) is 5.97 Å². The molecule has 6 atom stereocenters. The van der Waals surface area contributed by atoms with Crippen molar-refractivity contribution in [3.63, 3.8) is 0 Å². The minimum atomic E-state index is -0.303. The molecule has 6 unspecified atom stereocenters. The molecule has 0 heterocycles. The monoisotopic (exact) mass is 250 g/mol. The Kier molecular flexibility index (Phi) is 3.18. The summed E-state index contributed by atoms with van der Waals surface area (Å²) in [4.78, 5) is 11.1. The van der Waals surface area contributed by atoms with Gasteiger partial charge in [0.15, 0.2) is 0 Å². The van der Waals surface area contributed by atoms with Crippen LogP contribution in [0.15, 0.2) is 12.7 Å². The van der Waals surface area contributed by atoms with E-state index in [0.29, 0.717) is 25.0 Å².